The third-order valence-corrected chi connectivity index (χ3v) is 7.32. The molecule has 1 saturated heterocycles. The van der Waals surface area contributed by atoms with Gasteiger partial charge < -0.3 is 20.1 Å². The number of aromatic amines is 1. The maximum absolute atomic E-state index is 14.2. The lowest BCUT2D eigenvalue weighted by Crippen LogP contribution is -2.53. The van der Waals surface area contributed by atoms with Crippen molar-refractivity contribution in [3.63, 3.8) is 0 Å². The molecule has 1 saturated carbocycles. The molecule has 4 rings (SSSR count). The topological polar surface area (TPSA) is 120 Å². The Bertz CT molecular complexity index is 1150. The van der Waals surface area contributed by atoms with E-state index in [0.717, 1.165) is 6.20 Å². The zero-order valence-electron chi connectivity index (χ0n) is 20.4. The molecule has 0 radical (unpaired) electrons. The van der Waals surface area contributed by atoms with E-state index in [4.69, 9.17) is 4.74 Å². The molecule has 2 aromatic heterocycles. The van der Waals surface area contributed by atoms with Gasteiger partial charge in [-0.05, 0) is 51.5 Å². The van der Waals surface area contributed by atoms with Crippen LogP contribution < -0.4 is 10.1 Å². The monoisotopic (exact) mass is 527 g/mol. The minimum atomic E-state index is -4.69. The van der Waals surface area contributed by atoms with Gasteiger partial charge in [0, 0.05) is 36.2 Å². The van der Waals surface area contributed by atoms with Gasteiger partial charge in [0.2, 0.25) is 11.8 Å². The summed E-state index contributed by atoms with van der Waals surface area (Å²) in [6.07, 6.45) is -3.73. The normalized spacial score (nSPS) is 26.6. The van der Waals surface area contributed by atoms with Crippen molar-refractivity contribution in [3.05, 3.63) is 29.8 Å². The van der Waals surface area contributed by atoms with E-state index < -0.39 is 42.4 Å². The van der Waals surface area contributed by atoms with Crippen molar-refractivity contribution in [1.29, 1.82) is 0 Å². The Kier molecular flexibility index (Phi) is 7.45. The molecule has 1 aliphatic carbocycles. The number of pyridine rings is 1. The Balaban J connectivity index is 1.33. The number of alkyl halides is 3. The van der Waals surface area contributed by atoms with Gasteiger partial charge in [0.1, 0.15) is 0 Å². The summed E-state index contributed by atoms with van der Waals surface area (Å²) in [5.41, 5.74) is -2.17. The number of methoxy groups -OCH3 is 1. The fraction of sp³-hybridized carbons (Fsp3) is 0.583. The summed E-state index contributed by atoms with van der Waals surface area (Å²) in [4.78, 5) is 31.3. The Labute approximate surface area is 210 Å². The third kappa shape index (κ3) is 5.55. The molecule has 0 aromatic carbocycles. The fourth-order valence-corrected chi connectivity index (χ4v) is 5.01. The third-order valence-electron chi connectivity index (χ3n) is 7.32. The first-order chi connectivity index (χ1) is 17.4. The standard InChI is InChI=1S/C24H29F4N5O4/c1-13-9-14(21(34)30-15-3-6-23(36,7-4-15)24(26,27)28)5-8-33(13)22(35)19-11-18(31-32-19)16-10-20(37-2)29-12-17(16)25/h10-15,36H,3-9H2,1-2H3,(H,30,34)(H,31,32)/t13?,14?,15-,23-. The van der Waals surface area contributed by atoms with Gasteiger partial charge in [0.15, 0.2) is 17.1 Å². The van der Waals surface area contributed by atoms with Crippen molar-refractivity contribution in [1.82, 2.24) is 25.4 Å². The zero-order chi connectivity index (χ0) is 27.0. The second-order valence-electron chi connectivity index (χ2n) is 9.75. The molecule has 202 valence electrons. The number of carbonyl (C=O) groups is 2. The van der Waals surface area contributed by atoms with Crippen molar-refractivity contribution in [2.75, 3.05) is 13.7 Å². The second-order valence-corrected chi connectivity index (χ2v) is 9.75. The second kappa shape index (κ2) is 10.3. The number of nitrogens with one attached hydrogen (secondary N) is 2. The molecule has 2 unspecified atom stereocenters. The van der Waals surface area contributed by atoms with E-state index in [1.54, 1.807) is 4.90 Å². The summed E-state index contributed by atoms with van der Waals surface area (Å²) < 4.78 is 58.3. The van der Waals surface area contributed by atoms with Crippen LogP contribution >= 0.6 is 0 Å². The summed E-state index contributed by atoms with van der Waals surface area (Å²) in [5.74, 6) is -1.42. The maximum atomic E-state index is 14.2. The van der Waals surface area contributed by atoms with Gasteiger partial charge in [-0.25, -0.2) is 9.37 Å². The van der Waals surface area contributed by atoms with Gasteiger partial charge in [0.05, 0.1) is 19.0 Å². The molecule has 1 aliphatic heterocycles. The molecular formula is C24H29F4N5O4. The summed E-state index contributed by atoms with van der Waals surface area (Å²) in [6, 6.07) is 2.10. The number of ether oxygens (including phenoxy) is 1. The Morgan fingerprint density at radius 3 is 2.57 bits per heavy atom. The van der Waals surface area contributed by atoms with E-state index in [0.29, 0.717) is 12.8 Å². The maximum Gasteiger partial charge on any atom is 0.417 e. The number of amides is 2. The SMILES string of the molecule is COc1cc(-c2cc(C(=O)N3CCC(C(=O)N[C@H]4CC[C@@](O)(C(F)(F)F)CC4)CC3C)n[nH]2)c(F)cn1. The largest absolute Gasteiger partial charge is 0.481 e. The minimum Gasteiger partial charge on any atom is -0.481 e. The molecular weight excluding hydrogens is 498 g/mol. The molecule has 13 heteroatoms. The number of aromatic nitrogens is 3. The van der Waals surface area contributed by atoms with Gasteiger partial charge in [-0.3, -0.25) is 14.7 Å². The van der Waals surface area contributed by atoms with Gasteiger partial charge >= 0.3 is 6.18 Å². The highest BCUT2D eigenvalue weighted by atomic mass is 19.4. The van der Waals surface area contributed by atoms with Crippen LogP contribution in [0.25, 0.3) is 11.3 Å². The number of rotatable bonds is 5. The van der Waals surface area contributed by atoms with Crippen LogP contribution in [0.1, 0.15) is 55.9 Å². The molecule has 9 nitrogen and oxygen atoms in total. The Hall–Kier alpha value is -3.22. The predicted octanol–water partition coefficient (Wildman–Crippen LogP) is 3.21. The van der Waals surface area contributed by atoms with Crippen LogP contribution in [0.3, 0.4) is 0 Å². The number of H-pyrrole nitrogens is 1. The van der Waals surface area contributed by atoms with Crippen molar-refractivity contribution >= 4 is 11.8 Å². The average molecular weight is 528 g/mol. The lowest BCUT2D eigenvalue weighted by atomic mass is 9.81. The van der Waals surface area contributed by atoms with E-state index in [1.165, 1.54) is 19.2 Å². The first-order valence-electron chi connectivity index (χ1n) is 12.1. The number of hydrogen-bond donors (Lipinski definition) is 3. The van der Waals surface area contributed by atoms with Crippen LogP contribution in [0.4, 0.5) is 17.6 Å². The number of carbonyl (C=O) groups excluding carboxylic acids is 2. The first kappa shape index (κ1) is 26.8. The summed E-state index contributed by atoms with van der Waals surface area (Å²) in [7, 11) is 1.40. The van der Waals surface area contributed by atoms with Crippen molar-refractivity contribution < 1.29 is 37.0 Å². The lowest BCUT2D eigenvalue weighted by Gasteiger charge is -2.39. The van der Waals surface area contributed by atoms with E-state index in [-0.39, 0.29) is 60.1 Å². The molecule has 3 heterocycles. The molecule has 3 N–H and O–H groups in total. The number of hydrogen-bond acceptors (Lipinski definition) is 6. The molecule has 0 spiro atoms. The van der Waals surface area contributed by atoms with E-state index >= 15 is 0 Å². The smallest absolute Gasteiger partial charge is 0.417 e. The lowest BCUT2D eigenvalue weighted by molar-refractivity contribution is -0.270. The molecule has 2 atom stereocenters. The summed E-state index contributed by atoms with van der Waals surface area (Å²) in [6.45, 7) is 2.10. The molecule has 2 aromatic rings. The van der Waals surface area contributed by atoms with E-state index in [2.05, 4.69) is 20.5 Å². The van der Waals surface area contributed by atoms with Crippen LogP contribution in [-0.4, -0.2) is 74.5 Å². The van der Waals surface area contributed by atoms with Crippen LogP contribution in [0.2, 0.25) is 0 Å². The van der Waals surface area contributed by atoms with Gasteiger partial charge in [0.25, 0.3) is 5.91 Å². The zero-order valence-corrected chi connectivity index (χ0v) is 20.4. The average Bonchev–Trinajstić information content (AvgIpc) is 3.35. The fourth-order valence-electron chi connectivity index (χ4n) is 5.01. The van der Waals surface area contributed by atoms with Gasteiger partial charge in [-0.1, -0.05) is 0 Å². The number of halogens is 4. The summed E-state index contributed by atoms with van der Waals surface area (Å²) in [5, 5.41) is 19.3. The number of likely N-dealkylation sites (tertiary alicyclic amines) is 1. The molecule has 2 aliphatic rings. The molecule has 0 bridgehead atoms. The van der Waals surface area contributed by atoms with E-state index in [9.17, 15) is 32.3 Å². The predicted molar refractivity (Wildman–Crippen MR) is 123 cm³/mol. The van der Waals surface area contributed by atoms with Crippen molar-refractivity contribution in [2.45, 2.75) is 69.3 Å². The van der Waals surface area contributed by atoms with Crippen molar-refractivity contribution in [3.8, 4) is 17.1 Å². The van der Waals surface area contributed by atoms with Gasteiger partial charge in [-0.15, -0.1) is 0 Å². The Morgan fingerprint density at radius 1 is 1.24 bits per heavy atom. The number of aliphatic hydroxyl groups is 1. The van der Waals surface area contributed by atoms with Crippen LogP contribution in [-0.2, 0) is 4.79 Å². The van der Waals surface area contributed by atoms with Crippen LogP contribution in [0, 0.1) is 11.7 Å². The molecule has 2 amide bonds. The van der Waals surface area contributed by atoms with Crippen LogP contribution in [0.15, 0.2) is 18.3 Å². The molecule has 37 heavy (non-hydrogen) atoms. The number of piperidine rings is 1. The quantitative estimate of drug-likeness (QED) is 0.514. The highest BCUT2D eigenvalue weighted by Crippen LogP contribution is 2.41. The van der Waals surface area contributed by atoms with Crippen molar-refractivity contribution in [2.24, 2.45) is 5.92 Å². The summed E-state index contributed by atoms with van der Waals surface area (Å²) >= 11 is 0. The molecule has 2 fully saturated rings. The van der Waals surface area contributed by atoms with Gasteiger partial charge in [-0.2, -0.15) is 18.3 Å². The first-order valence-corrected chi connectivity index (χ1v) is 12.1. The highest BCUT2D eigenvalue weighted by Gasteiger charge is 2.54. The number of nitrogens with zero attached hydrogens (tertiary/aromatic N) is 3. The minimum absolute atomic E-state index is 0.0417. The highest BCUT2D eigenvalue weighted by molar-refractivity contribution is 5.94. The Morgan fingerprint density at radius 2 is 1.95 bits per heavy atom. The van der Waals surface area contributed by atoms with E-state index in [1.807, 2.05) is 6.92 Å². The van der Waals surface area contributed by atoms with Crippen LogP contribution in [0.5, 0.6) is 5.88 Å².